The Kier molecular flexibility index (Phi) is 5.99. The molecule has 0 spiro atoms. The molecule has 0 bridgehead atoms. The van der Waals surface area contributed by atoms with Crippen molar-refractivity contribution in [1.29, 1.82) is 0 Å². The van der Waals surface area contributed by atoms with Crippen LogP contribution in [0.2, 0.25) is 5.02 Å². The van der Waals surface area contributed by atoms with E-state index in [9.17, 15) is 17.6 Å². The van der Waals surface area contributed by atoms with Crippen LogP contribution >= 0.6 is 11.6 Å². The van der Waals surface area contributed by atoms with Crippen molar-refractivity contribution in [3.63, 3.8) is 0 Å². The molecule has 0 saturated heterocycles. The lowest BCUT2D eigenvalue weighted by atomic mass is 10.2. The molecule has 0 unspecified atom stereocenters. The van der Waals surface area contributed by atoms with Gasteiger partial charge in [-0.1, -0.05) is 11.6 Å². The minimum absolute atomic E-state index is 0.00593. The van der Waals surface area contributed by atoms with Crippen molar-refractivity contribution in [2.45, 2.75) is 11.5 Å². The van der Waals surface area contributed by atoms with E-state index in [0.29, 0.717) is 11.3 Å². The third kappa shape index (κ3) is 4.47. The van der Waals surface area contributed by atoms with Crippen LogP contribution in [-0.2, 0) is 21.4 Å². The van der Waals surface area contributed by atoms with Gasteiger partial charge in [-0.2, -0.15) is 0 Å². The van der Waals surface area contributed by atoms with Crippen LogP contribution in [0.4, 0.5) is 4.39 Å². The van der Waals surface area contributed by atoms with Crippen molar-refractivity contribution in [3.05, 3.63) is 58.4 Å². The van der Waals surface area contributed by atoms with Gasteiger partial charge in [0.15, 0.2) is 0 Å². The van der Waals surface area contributed by atoms with Crippen molar-refractivity contribution in [3.8, 4) is 5.75 Å². The van der Waals surface area contributed by atoms with Crippen molar-refractivity contribution in [1.82, 2.24) is 4.72 Å². The molecule has 0 aromatic heterocycles. The van der Waals surface area contributed by atoms with Gasteiger partial charge in [-0.05, 0) is 43.4 Å². The molecular weight excluding hydrogens is 373 g/mol. The van der Waals surface area contributed by atoms with Gasteiger partial charge in [-0.25, -0.2) is 22.3 Å². The molecule has 0 aliphatic heterocycles. The van der Waals surface area contributed by atoms with Gasteiger partial charge < -0.3 is 9.47 Å². The SMILES string of the molecule is CNS(=O)(=O)c1cc(C(=O)OCc2cc(F)ccc2OC)ccc1Cl. The maximum atomic E-state index is 13.3. The molecule has 25 heavy (non-hydrogen) atoms. The Morgan fingerprint density at radius 3 is 2.60 bits per heavy atom. The third-order valence-electron chi connectivity index (χ3n) is 3.33. The minimum atomic E-state index is -3.83. The Morgan fingerprint density at radius 2 is 1.96 bits per heavy atom. The van der Waals surface area contributed by atoms with Crippen molar-refractivity contribution < 1.29 is 27.1 Å². The van der Waals surface area contributed by atoms with Gasteiger partial charge in [0.1, 0.15) is 23.1 Å². The molecule has 9 heteroatoms. The van der Waals surface area contributed by atoms with E-state index in [0.717, 1.165) is 6.07 Å². The maximum absolute atomic E-state index is 13.3. The number of rotatable bonds is 6. The summed E-state index contributed by atoms with van der Waals surface area (Å²) in [5, 5.41) is -0.0299. The second-order valence-corrected chi connectivity index (χ2v) is 7.15. The number of ether oxygens (including phenoxy) is 2. The largest absolute Gasteiger partial charge is 0.496 e. The number of benzene rings is 2. The lowest BCUT2D eigenvalue weighted by Crippen LogP contribution is -2.19. The fourth-order valence-corrected chi connectivity index (χ4v) is 3.28. The zero-order valence-electron chi connectivity index (χ0n) is 13.4. The summed E-state index contributed by atoms with van der Waals surface area (Å²) in [6, 6.07) is 7.55. The van der Waals surface area contributed by atoms with E-state index in [-0.39, 0.29) is 22.1 Å². The molecule has 2 rings (SSSR count). The average Bonchev–Trinajstić information content (AvgIpc) is 2.60. The fourth-order valence-electron chi connectivity index (χ4n) is 2.03. The van der Waals surface area contributed by atoms with Crippen LogP contribution in [0.15, 0.2) is 41.3 Å². The zero-order valence-corrected chi connectivity index (χ0v) is 14.9. The monoisotopic (exact) mass is 387 g/mol. The van der Waals surface area contributed by atoms with Gasteiger partial charge in [-0.3, -0.25) is 0 Å². The van der Waals surface area contributed by atoms with Crippen LogP contribution in [0.3, 0.4) is 0 Å². The van der Waals surface area contributed by atoms with E-state index in [1.807, 2.05) is 0 Å². The molecule has 0 heterocycles. The van der Waals surface area contributed by atoms with E-state index in [1.54, 1.807) is 0 Å². The maximum Gasteiger partial charge on any atom is 0.338 e. The molecular formula is C16H15ClFNO5S. The Labute approximate surface area is 149 Å². The second kappa shape index (κ2) is 7.81. The summed E-state index contributed by atoms with van der Waals surface area (Å²) in [5.74, 6) is -0.917. The number of sulfonamides is 1. The van der Waals surface area contributed by atoms with E-state index in [1.165, 1.54) is 44.5 Å². The van der Waals surface area contributed by atoms with Crippen LogP contribution in [0, 0.1) is 5.82 Å². The van der Waals surface area contributed by atoms with E-state index in [2.05, 4.69) is 4.72 Å². The molecule has 1 N–H and O–H groups in total. The van der Waals surface area contributed by atoms with E-state index >= 15 is 0 Å². The van der Waals surface area contributed by atoms with Gasteiger partial charge in [-0.15, -0.1) is 0 Å². The van der Waals surface area contributed by atoms with Crippen LogP contribution < -0.4 is 9.46 Å². The molecule has 0 atom stereocenters. The molecule has 0 amide bonds. The highest BCUT2D eigenvalue weighted by molar-refractivity contribution is 7.89. The highest BCUT2D eigenvalue weighted by atomic mass is 35.5. The highest BCUT2D eigenvalue weighted by Crippen LogP contribution is 2.24. The molecule has 2 aromatic carbocycles. The zero-order chi connectivity index (χ0) is 18.6. The summed E-state index contributed by atoms with van der Waals surface area (Å²) in [4.78, 5) is 11.9. The van der Waals surface area contributed by atoms with Gasteiger partial charge in [0, 0.05) is 5.56 Å². The number of carbonyl (C=O) groups excluding carboxylic acids is 1. The molecule has 0 aliphatic rings. The predicted molar refractivity (Wildman–Crippen MR) is 89.8 cm³/mol. The van der Waals surface area contributed by atoms with E-state index < -0.39 is 21.8 Å². The quantitative estimate of drug-likeness (QED) is 0.771. The number of hydrogen-bond donors (Lipinski definition) is 1. The van der Waals surface area contributed by atoms with Crippen LogP contribution in [-0.4, -0.2) is 28.5 Å². The molecule has 0 saturated carbocycles. The average molecular weight is 388 g/mol. The summed E-state index contributed by atoms with van der Waals surface area (Å²) in [7, 11) is -1.19. The van der Waals surface area contributed by atoms with Crippen LogP contribution in [0.1, 0.15) is 15.9 Å². The third-order valence-corrected chi connectivity index (χ3v) is 5.22. The predicted octanol–water partition coefficient (Wildman–Crippen LogP) is 2.75. The van der Waals surface area contributed by atoms with Crippen molar-refractivity contribution in [2.24, 2.45) is 0 Å². The Bertz CT molecular complexity index is 901. The molecule has 134 valence electrons. The summed E-state index contributed by atoms with van der Waals surface area (Å²) >= 11 is 5.86. The molecule has 0 aliphatic carbocycles. The first-order valence-electron chi connectivity index (χ1n) is 7.01. The van der Waals surface area contributed by atoms with Crippen LogP contribution in [0.25, 0.3) is 0 Å². The van der Waals surface area contributed by atoms with Gasteiger partial charge in [0.25, 0.3) is 0 Å². The molecule has 2 aromatic rings. The lowest BCUT2D eigenvalue weighted by molar-refractivity contribution is 0.0469. The standard InChI is InChI=1S/C16H15ClFNO5S/c1-19-25(21,22)15-8-10(3-5-13(15)17)16(20)24-9-11-7-12(18)4-6-14(11)23-2/h3-8,19H,9H2,1-2H3. The molecule has 0 fully saturated rings. The van der Waals surface area contributed by atoms with Crippen LogP contribution in [0.5, 0.6) is 5.75 Å². The summed E-state index contributed by atoms with van der Waals surface area (Å²) in [6.45, 7) is -0.240. The Hall–Kier alpha value is -2.16. The number of carbonyl (C=O) groups is 1. The summed E-state index contributed by atoms with van der Waals surface area (Å²) < 4.78 is 49.4. The van der Waals surface area contributed by atoms with Crippen molar-refractivity contribution in [2.75, 3.05) is 14.2 Å². The Balaban J connectivity index is 2.22. The first-order valence-corrected chi connectivity index (χ1v) is 8.87. The minimum Gasteiger partial charge on any atom is -0.496 e. The first kappa shape index (κ1) is 19.2. The summed E-state index contributed by atoms with van der Waals surface area (Å²) in [5.41, 5.74) is 0.335. The number of methoxy groups -OCH3 is 1. The first-order chi connectivity index (χ1) is 11.8. The highest BCUT2D eigenvalue weighted by Gasteiger charge is 2.19. The fraction of sp³-hybridized carbons (Fsp3) is 0.188. The lowest BCUT2D eigenvalue weighted by Gasteiger charge is -2.11. The smallest absolute Gasteiger partial charge is 0.338 e. The van der Waals surface area contributed by atoms with Gasteiger partial charge >= 0.3 is 5.97 Å². The second-order valence-electron chi connectivity index (χ2n) is 4.89. The number of nitrogens with one attached hydrogen (secondary N) is 1. The molecule has 6 nitrogen and oxygen atoms in total. The van der Waals surface area contributed by atoms with E-state index in [4.69, 9.17) is 21.1 Å². The number of hydrogen-bond acceptors (Lipinski definition) is 5. The molecule has 0 radical (unpaired) electrons. The van der Waals surface area contributed by atoms with Gasteiger partial charge in [0.05, 0.1) is 17.7 Å². The van der Waals surface area contributed by atoms with Crippen molar-refractivity contribution >= 4 is 27.6 Å². The topological polar surface area (TPSA) is 81.7 Å². The summed E-state index contributed by atoms with van der Waals surface area (Å²) in [6.07, 6.45) is 0. The number of halogens is 2. The normalized spacial score (nSPS) is 11.2. The number of esters is 1. The Morgan fingerprint density at radius 1 is 1.24 bits per heavy atom. The van der Waals surface area contributed by atoms with Gasteiger partial charge in [0.2, 0.25) is 10.0 Å².